The first-order chi connectivity index (χ1) is 17.3. The van der Waals surface area contributed by atoms with Crippen molar-refractivity contribution >= 4 is 34.2 Å². The maximum absolute atomic E-state index is 13.1. The lowest BCUT2D eigenvalue weighted by atomic mass is 10.1. The molecule has 0 aliphatic carbocycles. The maximum atomic E-state index is 13.1. The van der Waals surface area contributed by atoms with E-state index in [4.69, 9.17) is 16.3 Å². The lowest BCUT2D eigenvalue weighted by molar-refractivity contribution is -0.137. The monoisotopic (exact) mass is 509 g/mol. The number of benzene rings is 3. The molecule has 2 heterocycles. The molecule has 180 valence electrons. The minimum atomic E-state index is -4.66. The first kappa shape index (κ1) is 23.3. The van der Waals surface area contributed by atoms with Crippen molar-refractivity contribution in [2.24, 2.45) is 0 Å². The Hall–Kier alpha value is -4.44. The molecule has 1 amide bonds. The van der Waals surface area contributed by atoms with E-state index in [2.05, 4.69) is 20.3 Å². The summed E-state index contributed by atoms with van der Waals surface area (Å²) in [5.74, 6) is 0.919. The highest BCUT2D eigenvalue weighted by atomic mass is 35.5. The Balaban J connectivity index is 1.29. The van der Waals surface area contributed by atoms with E-state index in [0.717, 1.165) is 12.1 Å². The number of hydrogen-bond donors (Lipinski definition) is 1. The van der Waals surface area contributed by atoms with Crippen LogP contribution in [-0.4, -0.2) is 25.4 Å². The zero-order valence-electron chi connectivity index (χ0n) is 18.2. The molecule has 5 aromatic rings. The van der Waals surface area contributed by atoms with E-state index in [1.54, 1.807) is 71.9 Å². The lowest BCUT2D eigenvalue weighted by Gasteiger charge is -2.12. The molecule has 11 heteroatoms. The molecule has 0 bridgehead atoms. The average Bonchev–Trinajstić information content (AvgIpc) is 3.39. The van der Waals surface area contributed by atoms with Gasteiger partial charge in [-0.05, 0) is 54.6 Å². The molecule has 0 aliphatic rings. The van der Waals surface area contributed by atoms with Crippen LogP contribution in [0.2, 0.25) is 5.02 Å². The Morgan fingerprint density at radius 3 is 2.47 bits per heavy atom. The standard InChI is InChI=1S/C25H15ClF3N5O2/c26-20-7-1-15(11-19(20)25(27,28)29)24(35)32-16-2-4-17(5-3-16)36-18-6-8-21-22(12-18)33-23(13-31-21)34-10-9-30-14-34/h1-14H,(H,32,35). The van der Waals surface area contributed by atoms with Crippen molar-refractivity contribution < 1.29 is 22.7 Å². The molecule has 1 N–H and O–H groups in total. The van der Waals surface area contributed by atoms with Gasteiger partial charge in [-0.25, -0.2) is 9.97 Å². The van der Waals surface area contributed by atoms with E-state index in [9.17, 15) is 18.0 Å². The quantitative estimate of drug-likeness (QED) is 0.291. The highest BCUT2D eigenvalue weighted by molar-refractivity contribution is 6.31. The molecule has 36 heavy (non-hydrogen) atoms. The Bertz CT molecular complexity index is 1560. The fourth-order valence-electron chi connectivity index (χ4n) is 3.39. The number of halogens is 4. The molecule has 0 saturated carbocycles. The van der Waals surface area contributed by atoms with E-state index in [1.165, 1.54) is 6.07 Å². The van der Waals surface area contributed by atoms with E-state index in [1.807, 2.05) is 0 Å². The van der Waals surface area contributed by atoms with Crippen LogP contribution in [0.4, 0.5) is 18.9 Å². The van der Waals surface area contributed by atoms with Crippen molar-refractivity contribution in [3.8, 4) is 17.3 Å². The third kappa shape index (κ3) is 4.98. The summed E-state index contributed by atoms with van der Waals surface area (Å²) < 4.78 is 46.8. The van der Waals surface area contributed by atoms with Crippen LogP contribution in [0.5, 0.6) is 11.5 Å². The molecule has 0 atom stereocenters. The van der Waals surface area contributed by atoms with Crippen LogP contribution in [0, 0.1) is 0 Å². The minimum Gasteiger partial charge on any atom is -0.457 e. The van der Waals surface area contributed by atoms with E-state index < -0.39 is 22.7 Å². The number of rotatable bonds is 5. The van der Waals surface area contributed by atoms with Gasteiger partial charge in [0.1, 0.15) is 17.8 Å². The van der Waals surface area contributed by atoms with Crippen molar-refractivity contribution in [2.45, 2.75) is 6.18 Å². The Morgan fingerprint density at radius 2 is 1.75 bits per heavy atom. The Labute approximate surface area is 207 Å². The second-order valence-corrected chi connectivity index (χ2v) is 8.03. The summed E-state index contributed by atoms with van der Waals surface area (Å²) >= 11 is 5.62. The SMILES string of the molecule is O=C(Nc1ccc(Oc2ccc3ncc(-n4ccnc4)nc3c2)cc1)c1ccc(Cl)c(C(F)(F)F)c1. The van der Waals surface area contributed by atoms with Gasteiger partial charge in [0.2, 0.25) is 0 Å². The molecule has 3 aromatic carbocycles. The highest BCUT2D eigenvalue weighted by Gasteiger charge is 2.33. The van der Waals surface area contributed by atoms with Gasteiger partial charge in [0.25, 0.3) is 5.91 Å². The molecule has 0 spiro atoms. The van der Waals surface area contributed by atoms with Crippen LogP contribution in [0.15, 0.2) is 85.6 Å². The number of carbonyl (C=O) groups excluding carboxylic acids is 1. The second-order valence-electron chi connectivity index (χ2n) is 7.62. The fourth-order valence-corrected chi connectivity index (χ4v) is 3.62. The number of alkyl halides is 3. The number of anilines is 1. The number of nitrogens with one attached hydrogen (secondary N) is 1. The van der Waals surface area contributed by atoms with Gasteiger partial charge in [0.15, 0.2) is 5.82 Å². The highest BCUT2D eigenvalue weighted by Crippen LogP contribution is 2.35. The van der Waals surface area contributed by atoms with Crippen molar-refractivity contribution in [3.05, 3.63) is 102 Å². The number of hydrogen-bond acceptors (Lipinski definition) is 5. The summed E-state index contributed by atoms with van der Waals surface area (Å²) in [6.45, 7) is 0. The third-order valence-corrected chi connectivity index (χ3v) is 5.48. The largest absolute Gasteiger partial charge is 0.457 e. The minimum absolute atomic E-state index is 0.167. The Kier molecular flexibility index (Phi) is 6.03. The van der Waals surface area contributed by atoms with E-state index in [-0.39, 0.29) is 5.56 Å². The van der Waals surface area contributed by atoms with Gasteiger partial charge in [-0.15, -0.1) is 0 Å². The number of aromatic nitrogens is 4. The van der Waals surface area contributed by atoms with Crippen LogP contribution >= 0.6 is 11.6 Å². The average molecular weight is 510 g/mol. The Morgan fingerprint density at radius 1 is 0.972 bits per heavy atom. The van der Waals surface area contributed by atoms with E-state index in [0.29, 0.717) is 34.0 Å². The summed E-state index contributed by atoms with van der Waals surface area (Å²) in [5, 5.41) is 2.09. The fraction of sp³-hybridized carbons (Fsp3) is 0.0400. The van der Waals surface area contributed by atoms with Crippen molar-refractivity contribution in [2.75, 3.05) is 5.32 Å². The van der Waals surface area contributed by atoms with Gasteiger partial charge >= 0.3 is 6.18 Å². The predicted molar refractivity (Wildman–Crippen MR) is 128 cm³/mol. The summed E-state index contributed by atoms with van der Waals surface area (Å²) in [4.78, 5) is 25.4. The van der Waals surface area contributed by atoms with Gasteiger partial charge < -0.3 is 10.1 Å². The third-order valence-electron chi connectivity index (χ3n) is 5.15. The van der Waals surface area contributed by atoms with E-state index >= 15 is 0 Å². The number of nitrogens with zero attached hydrogens (tertiary/aromatic N) is 4. The molecule has 7 nitrogen and oxygen atoms in total. The summed E-state index contributed by atoms with van der Waals surface area (Å²) in [7, 11) is 0. The number of carbonyl (C=O) groups is 1. The molecule has 2 aromatic heterocycles. The molecule has 0 saturated heterocycles. The number of amides is 1. The molecule has 0 radical (unpaired) electrons. The predicted octanol–water partition coefficient (Wildman–Crippen LogP) is 6.53. The smallest absolute Gasteiger partial charge is 0.417 e. The molecular formula is C25H15ClF3N5O2. The first-order valence-corrected chi connectivity index (χ1v) is 10.9. The zero-order valence-corrected chi connectivity index (χ0v) is 19.0. The summed E-state index contributed by atoms with van der Waals surface area (Å²) in [6, 6.07) is 14.7. The topological polar surface area (TPSA) is 81.9 Å². The van der Waals surface area contributed by atoms with Gasteiger partial charge in [0, 0.05) is 29.7 Å². The summed E-state index contributed by atoms with van der Waals surface area (Å²) in [5.41, 5.74) is 0.464. The molecular weight excluding hydrogens is 495 g/mol. The molecule has 5 rings (SSSR count). The van der Waals surface area contributed by atoms with Crippen LogP contribution in [-0.2, 0) is 6.18 Å². The number of ether oxygens (including phenoxy) is 1. The van der Waals surface area contributed by atoms with Crippen molar-refractivity contribution in [1.29, 1.82) is 0 Å². The molecule has 0 fully saturated rings. The first-order valence-electron chi connectivity index (χ1n) is 10.5. The van der Waals surface area contributed by atoms with Crippen LogP contribution in [0.1, 0.15) is 15.9 Å². The van der Waals surface area contributed by atoms with Gasteiger partial charge in [0.05, 0.1) is 27.8 Å². The van der Waals surface area contributed by atoms with Crippen LogP contribution in [0.3, 0.4) is 0 Å². The number of fused-ring (bicyclic) bond motifs is 1. The normalized spacial score (nSPS) is 11.4. The van der Waals surface area contributed by atoms with Crippen LogP contribution in [0.25, 0.3) is 16.9 Å². The van der Waals surface area contributed by atoms with Gasteiger partial charge in [-0.1, -0.05) is 11.6 Å². The van der Waals surface area contributed by atoms with Crippen molar-refractivity contribution in [1.82, 2.24) is 19.5 Å². The summed E-state index contributed by atoms with van der Waals surface area (Å²) in [6.07, 6.45) is 2.01. The molecule has 0 unspecified atom stereocenters. The van der Waals surface area contributed by atoms with Gasteiger partial charge in [-0.2, -0.15) is 13.2 Å². The second kappa shape index (κ2) is 9.31. The zero-order chi connectivity index (χ0) is 25.3. The maximum Gasteiger partial charge on any atom is 0.417 e. The lowest BCUT2D eigenvalue weighted by Crippen LogP contribution is -2.14. The number of imidazole rings is 1. The van der Waals surface area contributed by atoms with Crippen LogP contribution < -0.4 is 10.1 Å². The van der Waals surface area contributed by atoms with Crippen molar-refractivity contribution in [3.63, 3.8) is 0 Å². The molecule has 0 aliphatic heterocycles. The van der Waals surface area contributed by atoms with Gasteiger partial charge in [-0.3, -0.25) is 14.3 Å².